The summed E-state index contributed by atoms with van der Waals surface area (Å²) in [6.45, 7) is 3.94. The van der Waals surface area contributed by atoms with E-state index in [1.807, 2.05) is 18.2 Å². The number of hydrogen-bond acceptors (Lipinski definition) is 7. The first-order valence-corrected chi connectivity index (χ1v) is 13.3. The number of ether oxygens (including phenoxy) is 1. The summed E-state index contributed by atoms with van der Waals surface area (Å²) in [7, 11) is -3.32. The van der Waals surface area contributed by atoms with E-state index in [1.54, 1.807) is 12.1 Å². The second kappa shape index (κ2) is 8.25. The van der Waals surface area contributed by atoms with Gasteiger partial charge in [0.15, 0.2) is 15.7 Å². The molecule has 33 heavy (non-hydrogen) atoms. The summed E-state index contributed by atoms with van der Waals surface area (Å²) in [5.74, 6) is 1.19. The lowest BCUT2D eigenvalue weighted by Crippen LogP contribution is -2.44. The summed E-state index contributed by atoms with van der Waals surface area (Å²) in [5, 5.41) is 5.73. The molecule has 0 unspecified atom stereocenters. The molecule has 1 aromatic heterocycles. The summed E-state index contributed by atoms with van der Waals surface area (Å²) >= 11 is 0. The van der Waals surface area contributed by atoms with Crippen molar-refractivity contribution in [3.05, 3.63) is 36.0 Å². The fourth-order valence-electron chi connectivity index (χ4n) is 4.22. The molecule has 10 heteroatoms. The van der Waals surface area contributed by atoms with Gasteiger partial charge in [-0.25, -0.2) is 23.2 Å². The number of carbonyl (C=O) groups is 1. The zero-order valence-electron chi connectivity index (χ0n) is 18.9. The van der Waals surface area contributed by atoms with Crippen molar-refractivity contribution >= 4 is 27.4 Å². The summed E-state index contributed by atoms with van der Waals surface area (Å²) in [6, 6.07) is 9.33. The van der Waals surface area contributed by atoms with Crippen molar-refractivity contribution in [2.45, 2.75) is 49.4 Å². The van der Waals surface area contributed by atoms with Gasteiger partial charge < -0.3 is 20.3 Å². The van der Waals surface area contributed by atoms with Crippen molar-refractivity contribution in [1.29, 1.82) is 0 Å². The number of nitrogens with one attached hydrogen (secondary N) is 2. The van der Waals surface area contributed by atoms with E-state index < -0.39 is 14.6 Å². The molecule has 2 saturated carbocycles. The summed E-state index contributed by atoms with van der Waals surface area (Å²) < 4.78 is 29.8. The number of carbonyl (C=O) groups excluding carboxylic acids is 1. The van der Waals surface area contributed by atoms with E-state index in [0.717, 1.165) is 18.4 Å². The smallest absolute Gasteiger partial charge is 0.319 e. The van der Waals surface area contributed by atoms with Crippen LogP contribution in [0.3, 0.4) is 0 Å². The lowest BCUT2D eigenvalue weighted by Gasteiger charge is -2.34. The first-order valence-electron chi connectivity index (χ1n) is 11.4. The molecule has 3 aliphatic rings. The monoisotopic (exact) mass is 471 g/mol. The fourth-order valence-corrected chi connectivity index (χ4v) is 5.55. The zero-order valence-corrected chi connectivity index (χ0v) is 19.7. The van der Waals surface area contributed by atoms with Gasteiger partial charge in [0.25, 0.3) is 0 Å². The van der Waals surface area contributed by atoms with Gasteiger partial charge in [0.2, 0.25) is 0 Å². The molecule has 176 valence electrons. The first kappa shape index (κ1) is 22.1. The average molecular weight is 472 g/mol. The Morgan fingerprint density at radius 3 is 2.52 bits per heavy atom. The predicted octanol–water partition coefficient (Wildman–Crippen LogP) is 2.69. The highest BCUT2D eigenvalue weighted by Crippen LogP contribution is 2.52. The van der Waals surface area contributed by atoms with Gasteiger partial charge in [0.1, 0.15) is 10.6 Å². The van der Waals surface area contributed by atoms with E-state index >= 15 is 0 Å². The van der Waals surface area contributed by atoms with Gasteiger partial charge in [0, 0.05) is 36.2 Å². The van der Waals surface area contributed by atoms with Crippen molar-refractivity contribution in [1.82, 2.24) is 15.3 Å². The Morgan fingerprint density at radius 2 is 1.91 bits per heavy atom. The molecule has 0 bridgehead atoms. The summed E-state index contributed by atoms with van der Waals surface area (Å²) in [5.41, 5.74) is 1.98. The Labute approximate surface area is 193 Å². The molecule has 0 radical (unpaired) electrons. The first-order chi connectivity index (χ1) is 15.7. The average Bonchev–Trinajstić information content (AvgIpc) is 3.68. The van der Waals surface area contributed by atoms with Crippen LogP contribution in [0.5, 0.6) is 0 Å². The number of hydrogen-bond donors (Lipinski definition) is 2. The van der Waals surface area contributed by atoms with Crippen LogP contribution in [0.4, 0.5) is 16.3 Å². The molecule has 1 atom stereocenters. The maximum absolute atomic E-state index is 12.6. The topological polar surface area (TPSA) is 114 Å². The third-order valence-corrected chi connectivity index (χ3v) is 8.61. The number of aromatic nitrogens is 2. The van der Waals surface area contributed by atoms with Crippen LogP contribution in [0.2, 0.25) is 0 Å². The molecular weight excluding hydrogens is 442 g/mol. The number of urea groups is 1. The lowest BCUT2D eigenvalue weighted by atomic mass is 10.1. The number of anilines is 2. The van der Waals surface area contributed by atoms with Gasteiger partial charge in [-0.1, -0.05) is 0 Å². The largest absolute Gasteiger partial charge is 0.377 e. The van der Waals surface area contributed by atoms with E-state index in [-0.39, 0.29) is 18.1 Å². The quantitative estimate of drug-likeness (QED) is 0.666. The number of benzene rings is 1. The van der Waals surface area contributed by atoms with Crippen LogP contribution in [0.15, 0.2) is 30.3 Å². The molecule has 2 amide bonds. The van der Waals surface area contributed by atoms with Crippen molar-refractivity contribution in [3.8, 4) is 11.4 Å². The van der Waals surface area contributed by atoms with Gasteiger partial charge in [-0.05, 0) is 56.9 Å². The molecule has 3 fully saturated rings. The molecule has 2 aromatic rings. The van der Waals surface area contributed by atoms with Crippen molar-refractivity contribution in [2.24, 2.45) is 0 Å². The standard InChI is InChI=1S/C23H29N5O4S/c1-15-14-32-12-11-28(15)20-13-19(23(9-10-23)33(2,30)31)26-21(27-20)16-3-5-17(6-4-16)24-22(29)25-18-7-8-18/h3-6,13,15,18H,7-12,14H2,1-2H3,(H2,24,25,29)/t15-/m0/s1. The summed E-state index contributed by atoms with van der Waals surface area (Å²) in [4.78, 5) is 23.7. The Kier molecular flexibility index (Phi) is 5.52. The van der Waals surface area contributed by atoms with Gasteiger partial charge in [-0.2, -0.15) is 0 Å². The molecule has 1 aromatic carbocycles. The van der Waals surface area contributed by atoms with Crippen LogP contribution in [0.1, 0.15) is 38.3 Å². The molecule has 1 saturated heterocycles. The Hall–Kier alpha value is -2.72. The van der Waals surface area contributed by atoms with Crippen LogP contribution in [-0.2, 0) is 19.3 Å². The Balaban J connectivity index is 1.47. The van der Waals surface area contributed by atoms with Gasteiger partial charge in [-0.3, -0.25) is 0 Å². The highest BCUT2D eigenvalue weighted by atomic mass is 32.2. The highest BCUT2D eigenvalue weighted by molar-refractivity contribution is 7.91. The van der Waals surface area contributed by atoms with Crippen LogP contribution < -0.4 is 15.5 Å². The van der Waals surface area contributed by atoms with Crippen molar-refractivity contribution in [2.75, 3.05) is 36.2 Å². The molecule has 9 nitrogen and oxygen atoms in total. The minimum absolute atomic E-state index is 0.124. The third kappa shape index (κ3) is 4.54. The number of sulfone groups is 1. The number of morpholine rings is 1. The normalized spacial score (nSPS) is 22.0. The lowest BCUT2D eigenvalue weighted by molar-refractivity contribution is 0.0985. The molecular formula is C23H29N5O4S. The fraction of sp³-hybridized carbons (Fsp3) is 0.522. The molecule has 2 N–H and O–H groups in total. The Morgan fingerprint density at radius 1 is 1.18 bits per heavy atom. The van der Waals surface area contributed by atoms with E-state index in [2.05, 4.69) is 22.5 Å². The van der Waals surface area contributed by atoms with Crippen molar-refractivity contribution in [3.63, 3.8) is 0 Å². The molecule has 2 heterocycles. The van der Waals surface area contributed by atoms with Crippen LogP contribution in [-0.4, -0.2) is 62.5 Å². The SMILES string of the molecule is C[C@H]1COCCN1c1cc(C2(S(C)(=O)=O)CC2)nc(-c2ccc(NC(=O)NC3CC3)cc2)n1. The zero-order chi connectivity index (χ0) is 23.2. The van der Waals surface area contributed by atoms with Gasteiger partial charge in [0.05, 0.1) is 24.9 Å². The Bertz CT molecular complexity index is 1160. The minimum Gasteiger partial charge on any atom is -0.377 e. The second-order valence-corrected chi connectivity index (χ2v) is 11.6. The molecule has 1 aliphatic heterocycles. The van der Waals surface area contributed by atoms with Crippen LogP contribution in [0.25, 0.3) is 11.4 Å². The van der Waals surface area contributed by atoms with E-state index in [4.69, 9.17) is 14.7 Å². The predicted molar refractivity (Wildman–Crippen MR) is 126 cm³/mol. The second-order valence-electron chi connectivity index (χ2n) is 9.27. The summed E-state index contributed by atoms with van der Waals surface area (Å²) in [6.07, 6.45) is 4.48. The minimum atomic E-state index is -3.32. The van der Waals surface area contributed by atoms with E-state index in [0.29, 0.717) is 55.6 Å². The van der Waals surface area contributed by atoms with Gasteiger partial charge >= 0.3 is 6.03 Å². The van der Waals surface area contributed by atoms with Crippen molar-refractivity contribution < 1.29 is 17.9 Å². The molecule has 2 aliphatic carbocycles. The maximum Gasteiger partial charge on any atom is 0.319 e. The van der Waals surface area contributed by atoms with Crippen LogP contribution in [0, 0.1) is 0 Å². The number of amides is 2. The van der Waals surface area contributed by atoms with E-state index in [1.165, 1.54) is 6.26 Å². The number of nitrogens with zero attached hydrogens (tertiary/aromatic N) is 3. The van der Waals surface area contributed by atoms with Gasteiger partial charge in [-0.15, -0.1) is 0 Å². The molecule has 5 rings (SSSR count). The molecule has 0 spiro atoms. The van der Waals surface area contributed by atoms with E-state index in [9.17, 15) is 13.2 Å². The van der Waals surface area contributed by atoms with Crippen LogP contribution >= 0.6 is 0 Å². The third-order valence-electron chi connectivity index (χ3n) is 6.57. The number of rotatable bonds is 6. The highest BCUT2D eigenvalue weighted by Gasteiger charge is 2.55. The maximum atomic E-state index is 12.6.